The predicted molar refractivity (Wildman–Crippen MR) is 95.2 cm³/mol. The van der Waals surface area contributed by atoms with Crippen LogP contribution < -0.4 is 0 Å². The number of likely N-dealkylation sites (tertiary alicyclic amines) is 1. The van der Waals surface area contributed by atoms with Gasteiger partial charge in [0.25, 0.3) is 0 Å². The van der Waals surface area contributed by atoms with Crippen LogP contribution in [0.15, 0.2) is 30.3 Å². The number of piperidine rings is 1. The van der Waals surface area contributed by atoms with Crippen molar-refractivity contribution in [1.29, 1.82) is 0 Å². The van der Waals surface area contributed by atoms with Gasteiger partial charge in [-0.15, -0.1) is 0 Å². The molecule has 2 heterocycles. The molecule has 6 nitrogen and oxygen atoms in total. The van der Waals surface area contributed by atoms with Gasteiger partial charge in [0.2, 0.25) is 5.91 Å². The second-order valence-corrected chi connectivity index (χ2v) is 7.09. The molecule has 6 heteroatoms. The number of hydrogen-bond donors (Lipinski definition) is 1. The number of aliphatic carboxylic acids is 1. The van der Waals surface area contributed by atoms with Crippen LogP contribution in [0.25, 0.3) is 0 Å². The normalized spacial score (nSPS) is 21.9. The van der Waals surface area contributed by atoms with Crippen LogP contribution in [-0.4, -0.2) is 78.0 Å². The third-order valence-corrected chi connectivity index (χ3v) is 5.41. The van der Waals surface area contributed by atoms with Gasteiger partial charge in [0.05, 0.1) is 5.92 Å². The number of carboxylic acids is 1. The molecule has 1 amide bonds. The number of hydrogen-bond acceptors (Lipinski definition) is 4. The number of carboxylic acid groups (broad SMARTS) is 1. The number of carbonyl (C=O) groups excluding carboxylic acids is 1. The molecule has 2 saturated heterocycles. The van der Waals surface area contributed by atoms with Gasteiger partial charge in [-0.3, -0.25) is 14.5 Å². The fraction of sp³-hybridized carbons (Fsp3) is 0.579. The maximum atomic E-state index is 13.3. The molecule has 0 aliphatic carbocycles. The number of carbonyl (C=O) groups is 2. The number of piperazine rings is 1. The fourth-order valence-corrected chi connectivity index (χ4v) is 3.74. The Hall–Kier alpha value is -1.92. The van der Waals surface area contributed by atoms with Gasteiger partial charge < -0.3 is 14.9 Å². The van der Waals surface area contributed by atoms with Crippen molar-refractivity contribution in [2.45, 2.75) is 18.9 Å². The van der Waals surface area contributed by atoms with Gasteiger partial charge in [-0.05, 0) is 25.5 Å². The Morgan fingerprint density at radius 2 is 1.60 bits per heavy atom. The fourth-order valence-electron chi connectivity index (χ4n) is 3.74. The van der Waals surface area contributed by atoms with Crippen molar-refractivity contribution in [3.8, 4) is 0 Å². The summed E-state index contributed by atoms with van der Waals surface area (Å²) in [4.78, 5) is 30.8. The van der Waals surface area contributed by atoms with Crippen LogP contribution in [-0.2, 0) is 9.59 Å². The molecule has 2 aliphatic rings. The van der Waals surface area contributed by atoms with Gasteiger partial charge in [0, 0.05) is 39.3 Å². The topological polar surface area (TPSA) is 64.1 Å². The largest absolute Gasteiger partial charge is 0.481 e. The zero-order valence-corrected chi connectivity index (χ0v) is 14.8. The second kappa shape index (κ2) is 7.97. The minimum Gasteiger partial charge on any atom is -0.481 e. The van der Waals surface area contributed by atoms with Gasteiger partial charge in [-0.1, -0.05) is 30.3 Å². The quantitative estimate of drug-likeness (QED) is 0.891. The molecule has 0 radical (unpaired) electrons. The second-order valence-electron chi connectivity index (χ2n) is 7.09. The summed E-state index contributed by atoms with van der Waals surface area (Å²) in [5, 5.41) is 9.16. The van der Waals surface area contributed by atoms with E-state index in [1.165, 1.54) is 0 Å². The number of nitrogens with zero attached hydrogens (tertiary/aromatic N) is 3. The first-order valence-corrected chi connectivity index (χ1v) is 9.05. The van der Waals surface area contributed by atoms with Crippen LogP contribution in [0.5, 0.6) is 0 Å². The van der Waals surface area contributed by atoms with E-state index in [0.29, 0.717) is 25.9 Å². The molecule has 0 spiro atoms. The van der Waals surface area contributed by atoms with Gasteiger partial charge in [-0.2, -0.15) is 0 Å². The molecular weight excluding hydrogens is 318 g/mol. The van der Waals surface area contributed by atoms with Gasteiger partial charge in [0.15, 0.2) is 0 Å². The molecule has 3 rings (SSSR count). The molecule has 2 fully saturated rings. The van der Waals surface area contributed by atoms with Crippen molar-refractivity contribution in [2.24, 2.45) is 5.92 Å². The Morgan fingerprint density at radius 1 is 1.00 bits per heavy atom. The van der Waals surface area contributed by atoms with Crippen molar-refractivity contribution in [3.63, 3.8) is 0 Å². The summed E-state index contributed by atoms with van der Waals surface area (Å²) < 4.78 is 0. The van der Waals surface area contributed by atoms with E-state index >= 15 is 0 Å². The number of benzene rings is 1. The van der Waals surface area contributed by atoms with E-state index in [2.05, 4.69) is 16.8 Å². The van der Waals surface area contributed by atoms with Crippen molar-refractivity contribution in [3.05, 3.63) is 35.9 Å². The van der Waals surface area contributed by atoms with Crippen LogP contribution in [0, 0.1) is 5.92 Å². The highest BCUT2D eigenvalue weighted by Crippen LogP contribution is 2.27. The molecule has 1 N–H and O–H groups in total. The molecule has 136 valence electrons. The number of rotatable bonds is 4. The van der Waals surface area contributed by atoms with Crippen molar-refractivity contribution in [1.82, 2.24) is 14.7 Å². The van der Waals surface area contributed by atoms with E-state index in [0.717, 1.165) is 31.7 Å². The zero-order valence-electron chi connectivity index (χ0n) is 14.8. The minimum absolute atomic E-state index is 0.111. The lowest BCUT2D eigenvalue weighted by Crippen LogP contribution is -2.52. The average Bonchev–Trinajstić information content (AvgIpc) is 2.64. The first-order chi connectivity index (χ1) is 12.1. The lowest BCUT2D eigenvalue weighted by Gasteiger charge is -2.40. The SMILES string of the molecule is CN1CCN(C(C(=O)N2CCC(C(=O)O)CC2)c2ccccc2)CC1. The predicted octanol–water partition coefficient (Wildman–Crippen LogP) is 1.30. The van der Waals surface area contributed by atoms with E-state index in [9.17, 15) is 9.59 Å². The summed E-state index contributed by atoms with van der Waals surface area (Å²) in [5.41, 5.74) is 1.03. The Morgan fingerprint density at radius 3 is 2.16 bits per heavy atom. The Labute approximate surface area is 149 Å². The Kier molecular flexibility index (Phi) is 5.71. The molecule has 1 unspecified atom stereocenters. The first kappa shape index (κ1) is 17.9. The Balaban J connectivity index is 1.75. The van der Waals surface area contributed by atoms with Crippen LogP contribution in [0.3, 0.4) is 0 Å². The third kappa shape index (κ3) is 4.19. The lowest BCUT2D eigenvalue weighted by atomic mass is 9.95. The lowest BCUT2D eigenvalue weighted by molar-refractivity contribution is -0.147. The summed E-state index contributed by atoms with van der Waals surface area (Å²) in [6, 6.07) is 9.68. The first-order valence-electron chi connectivity index (χ1n) is 9.05. The van der Waals surface area contributed by atoms with Crippen LogP contribution in [0.2, 0.25) is 0 Å². The summed E-state index contributed by atoms with van der Waals surface area (Å²) in [7, 11) is 2.10. The standard InChI is InChI=1S/C19H27N3O3/c1-20-11-13-21(14-12-20)17(15-5-3-2-4-6-15)18(23)22-9-7-16(8-10-22)19(24)25/h2-6,16-17H,7-14H2,1H3,(H,24,25). The van der Waals surface area contributed by atoms with Crippen molar-refractivity contribution in [2.75, 3.05) is 46.3 Å². The molecule has 2 aliphatic heterocycles. The van der Waals surface area contributed by atoms with Crippen LogP contribution in [0.1, 0.15) is 24.4 Å². The van der Waals surface area contributed by atoms with Gasteiger partial charge >= 0.3 is 5.97 Å². The van der Waals surface area contributed by atoms with Crippen LogP contribution >= 0.6 is 0 Å². The summed E-state index contributed by atoms with van der Waals surface area (Å²) in [5.74, 6) is -0.951. The molecule has 1 aromatic rings. The van der Waals surface area contributed by atoms with E-state index in [1.807, 2.05) is 35.2 Å². The highest BCUT2D eigenvalue weighted by atomic mass is 16.4. The number of likely N-dealkylation sites (N-methyl/N-ethyl adjacent to an activating group) is 1. The molecule has 0 bridgehead atoms. The van der Waals surface area contributed by atoms with E-state index in [-0.39, 0.29) is 17.9 Å². The third-order valence-electron chi connectivity index (χ3n) is 5.41. The van der Waals surface area contributed by atoms with Crippen molar-refractivity contribution < 1.29 is 14.7 Å². The highest BCUT2D eigenvalue weighted by molar-refractivity contribution is 5.83. The molecule has 1 atom stereocenters. The van der Waals surface area contributed by atoms with Crippen molar-refractivity contribution >= 4 is 11.9 Å². The maximum absolute atomic E-state index is 13.3. The molecule has 0 aromatic heterocycles. The molecule has 0 saturated carbocycles. The maximum Gasteiger partial charge on any atom is 0.306 e. The summed E-state index contributed by atoms with van der Waals surface area (Å²) in [6.07, 6.45) is 1.09. The van der Waals surface area contributed by atoms with E-state index in [1.54, 1.807) is 0 Å². The average molecular weight is 345 g/mol. The van der Waals surface area contributed by atoms with Gasteiger partial charge in [-0.25, -0.2) is 0 Å². The van der Waals surface area contributed by atoms with E-state index < -0.39 is 5.97 Å². The monoisotopic (exact) mass is 345 g/mol. The van der Waals surface area contributed by atoms with Crippen LogP contribution in [0.4, 0.5) is 0 Å². The molecule has 25 heavy (non-hydrogen) atoms. The molecule has 1 aromatic carbocycles. The summed E-state index contributed by atoms with van der Waals surface area (Å²) in [6.45, 7) is 4.72. The minimum atomic E-state index is -0.745. The van der Waals surface area contributed by atoms with E-state index in [4.69, 9.17) is 5.11 Å². The highest BCUT2D eigenvalue weighted by Gasteiger charge is 2.35. The Bertz CT molecular complexity index is 591. The summed E-state index contributed by atoms with van der Waals surface area (Å²) >= 11 is 0. The molecular formula is C19H27N3O3. The number of amides is 1. The smallest absolute Gasteiger partial charge is 0.306 e. The van der Waals surface area contributed by atoms with Gasteiger partial charge in [0.1, 0.15) is 6.04 Å². The zero-order chi connectivity index (χ0) is 17.8.